The number of thiazole rings is 1. The number of aromatic nitrogens is 1. The molecule has 114 valence electrons. The Morgan fingerprint density at radius 1 is 1.43 bits per heavy atom. The van der Waals surface area contributed by atoms with Gasteiger partial charge in [0.25, 0.3) is 0 Å². The van der Waals surface area contributed by atoms with Gasteiger partial charge in [0, 0.05) is 23.8 Å². The van der Waals surface area contributed by atoms with Gasteiger partial charge in [-0.1, -0.05) is 13.8 Å². The van der Waals surface area contributed by atoms with Crippen LogP contribution in [0.5, 0.6) is 0 Å². The van der Waals surface area contributed by atoms with E-state index in [4.69, 9.17) is 4.74 Å². The van der Waals surface area contributed by atoms with Gasteiger partial charge in [0.2, 0.25) is 0 Å². The third-order valence-corrected chi connectivity index (χ3v) is 5.88. The van der Waals surface area contributed by atoms with Crippen molar-refractivity contribution in [2.75, 3.05) is 11.9 Å². The summed E-state index contributed by atoms with van der Waals surface area (Å²) in [6.45, 7) is 9.54. The summed E-state index contributed by atoms with van der Waals surface area (Å²) in [7, 11) is 0. The highest BCUT2D eigenvalue weighted by Gasteiger charge is 2.51. The molecule has 3 unspecified atom stereocenters. The minimum atomic E-state index is 0.231. The first-order valence-electron chi connectivity index (χ1n) is 7.82. The molecule has 1 aliphatic rings. The van der Waals surface area contributed by atoms with E-state index in [2.05, 4.69) is 56.2 Å². The second-order valence-corrected chi connectivity index (χ2v) is 7.39. The summed E-state index contributed by atoms with van der Waals surface area (Å²) in [5.74, 6) is 0. The van der Waals surface area contributed by atoms with Crippen LogP contribution in [0.25, 0.3) is 10.2 Å². The molecule has 0 saturated heterocycles. The van der Waals surface area contributed by atoms with Crippen molar-refractivity contribution < 1.29 is 4.74 Å². The fraction of sp³-hybridized carbons (Fsp3) is 0.588. The number of anilines is 1. The summed E-state index contributed by atoms with van der Waals surface area (Å²) in [5.41, 5.74) is 2.53. The lowest BCUT2D eigenvalue weighted by Crippen LogP contribution is -2.59. The Morgan fingerprint density at radius 3 is 2.95 bits per heavy atom. The number of aryl methyl sites for hydroxylation is 1. The summed E-state index contributed by atoms with van der Waals surface area (Å²) >= 11 is 1.76. The first-order chi connectivity index (χ1) is 10.1. The van der Waals surface area contributed by atoms with Crippen molar-refractivity contribution >= 4 is 27.2 Å². The zero-order valence-corrected chi connectivity index (χ0v) is 14.1. The third kappa shape index (κ3) is 2.55. The number of benzene rings is 1. The van der Waals surface area contributed by atoms with E-state index in [1.165, 1.54) is 10.4 Å². The lowest BCUT2D eigenvalue weighted by atomic mass is 9.61. The van der Waals surface area contributed by atoms with Gasteiger partial charge in [-0.2, -0.15) is 0 Å². The molecule has 0 amide bonds. The lowest BCUT2D eigenvalue weighted by molar-refractivity contribution is -0.109. The molecular weight excluding hydrogens is 280 g/mol. The Kier molecular flexibility index (Phi) is 3.93. The molecule has 1 heterocycles. The van der Waals surface area contributed by atoms with Gasteiger partial charge < -0.3 is 10.1 Å². The van der Waals surface area contributed by atoms with Crippen molar-refractivity contribution in [2.45, 2.75) is 52.7 Å². The standard InChI is InChI=1S/C17H24N2OS/c1-5-17(4)15(10-16(17)20-6-2)19-12-7-8-13-14(9-12)21-11(3)18-13/h7-9,15-16,19H,5-6,10H2,1-4H3. The highest BCUT2D eigenvalue weighted by Crippen LogP contribution is 2.47. The Morgan fingerprint density at radius 2 is 2.24 bits per heavy atom. The smallest absolute Gasteiger partial charge is 0.0907 e. The van der Waals surface area contributed by atoms with Crippen LogP contribution < -0.4 is 5.32 Å². The predicted octanol–water partition coefficient (Wildman–Crippen LogP) is 4.61. The molecule has 0 radical (unpaired) electrons. The summed E-state index contributed by atoms with van der Waals surface area (Å²) in [4.78, 5) is 4.52. The average Bonchev–Trinajstić information content (AvgIpc) is 2.84. The maximum atomic E-state index is 5.88. The number of fused-ring (bicyclic) bond motifs is 1. The van der Waals surface area contributed by atoms with E-state index in [1.54, 1.807) is 11.3 Å². The summed E-state index contributed by atoms with van der Waals surface area (Å²) < 4.78 is 7.14. The minimum Gasteiger partial charge on any atom is -0.382 e. The molecule has 0 bridgehead atoms. The van der Waals surface area contributed by atoms with E-state index in [9.17, 15) is 0 Å². The minimum absolute atomic E-state index is 0.231. The van der Waals surface area contributed by atoms with Gasteiger partial charge in [-0.05, 0) is 44.9 Å². The van der Waals surface area contributed by atoms with Crippen molar-refractivity contribution in [2.24, 2.45) is 5.41 Å². The van der Waals surface area contributed by atoms with Crippen molar-refractivity contribution in [3.8, 4) is 0 Å². The molecule has 4 heteroatoms. The van der Waals surface area contributed by atoms with Crippen LogP contribution in [-0.2, 0) is 4.74 Å². The SMILES string of the molecule is CCOC1CC(Nc2ccc3nc(C)sc3c2)C1(C)CC. The molecule has 1 N–H and O–H groups in total. The quantitative estimate of drug-likeness (QED) is 0.876. The van der Waals surface area contributed by atoms with Crippen LogP contribution in [0.4, 0.5) is 5.69 Å². The van der Waals surface area contributed by atoms with Crippen molar-refractivity contribution in [1.29, 1.82) is 0 Å². The third-order valence-electron chi connectivity index (χ3n) is 4.95. The van der Waals surface area contributed by atoms with Crippen LogP contribution in [0.1, 0.15) is 38.6 Å². The van der Waals surface area contributed by atoms with Gasteiger partial charge in [0.15, 0.2) is 0 Å². The zero-order valence-electron chi connectivity index (χ0n) is 13.3. The lowest BCUT2D eigenvalue weighted by Gasteiger charge is -2.54. The molecule has 3 nitrogen and oxygen atoms in total. The number of nitrogens with one attached hydrogen (secondary N) is 1. The average molecular weight is 304 g/mol. The largest absolute Gasteiger partial charge is 0.382 e. The van der Waals surface area contributed by atoms with E-state index < -0.39 is 0 Å². The molecule has 1 aromatic heterocycles. The second kappa shape index (κ2) is 5.58. The molecule has 1 fully saturated rings. The van der Waals surface area contributed by atoms with Crippen LogP contribution in [0, 0.1) is 12.3 Å². The molecule has 21 heavy (non-hydrogen) atoms. The van der Waals surface area contributed by atoms with Gasteiger partial charge in [0.05, 0.1) is 21.3 Å². The zero-order chi connectivity index (χ0) is 15.0. The van der Waals surface area contributed by atoms with Crippen LogP contribution in [0.2, 0.25) is 0 Å². The van der Waals surface area contributed by atoms with Gasteiger partial charge in [-0.3, -0.25) is 0 Å². The maximum Gasteiger partial charge on any atom is 0.0907 e. The fourth-order valence-electron chi connectivity index (χ4n) is 3.30. The topological polar surface area (TPSA) is 34.1 Å². The fourth-order valence-corrected chi connectivity index (χ4v) is 4.17. The predicted molar refractivity (Wildman–Crippen MR) is 90.2 cm³/mol. The number of nitrogens with zero attached hydrogens (tertiary/aromatic N) is 1. The van der Waals surface area contributed by atoms with Gasteiger partial charge in [-0.25, -0.2) is 4.98 Å². The molecule has 0 spiro atoms. The van der Waals surface area contributed by atoms with Crippen molar-refractivity contribution in [3.05, 3.63) is 23.2 Å². The second-order valence-electron chi connectivity index (χ2n) is 6.15. The number of rotatable bonds is 5. The van der Waals surface area contributed by atoms with Crippen molar-refractivity contribution in [1.82, 2.24) is 4.98 Å². The Balaban J connectivity index is 1.76. The van der Waals surface area contributed by atoms with Crippen LogP contribution in [0.3, 0.4) is 0 Å². The Hall–Kier alpha value is -1.13. The van der Waals surface area contributed by atoms with E-state index in [0.717, 1.165) is 30.0 Å². The molecule has 1 aromatic carbocycles. The van der Waals surface area contributed by atoms with E-state index in [1.807, 2.05) is 0 Å². The summed E-state index contributed by atoms with van der Waals surface area (Å²) in [5, 5.41) is 4.83. The first-order valence-corrected chi connectivity index (χ1v) is 8.63. The van der Waals surface area contributed by atoms with Gasteiger partial charge in [-0.15, -0.1) is 11.3 Å². The Labute approximate surface area is 130 Å². The van der Waals surface area contributed by atoms with Gasteiger partial charge >= 0.3 is 0 Å². The van der Waals surface area contributed by atoms with Crippen molar-refractivity contribution in [3.63, 3.8) is 0 Å². The Bertz CT molecular complexity index is 639. The monoisotopic (exact) mass is 304 g/mol. The van der Waals surface area contributed by atoms with E-state index in [0.29, 0.717) is 12.1 Å². The molecule has 2 aromatic rings. The van der Waals surface area contributed by atoms with E-state index >= 15 is 0 Å². The number of hydrogen-bond donors (Lipinski definition) is 1. The molecule has 1 aliphatic carbocycles. The highest BCUT2D eigenvalue weighted by atomic mass is 32.1. The maximum absolute atomic E-state index is 5.88. The van der Waals surface area contributed by atoms with Crippen LogP contribution in [-0.4, -0.2) is 23.7 Å². The van der Waals surface area contributed by atoms with E-state index in [-0.39, 0.29) is 5.41 Å². The highest BCUT2D eigenvalue weighted by molar-refractivity contribution is 7.18. The first kappa shape index (κ1) is 14.8. The molecule has 0 aliphatic heterocycles. The van der Waals surface area contributed by atoms with Crippen LogP contribution >= 0.6 is 11.3 Å². The number of ether oxygens (including phenoxy) is 1. The molecule has 1 saturated carbocycles. The summed E-state index contributed by atoms with van der Waals surface area (Å²) in [6, 6.07) is 6.98. The molecule has 3 atom stereocenters. The number of hydrogen-bond acceptors (Lipinski definition) is 4. The molecular formula is C17H24N2OS. The summed E-state index contributed by atoms with van der Waals surface area (Å²) in [6.07, 6.45) is 2.62. The molecule has 3 rings (SSSR count). The van der Waals surface area contributed by atoms with Crippen LogP contribution in [0.15, 0.2) is 18.2 Å². The normalized spacial score (nSPS) is 28.6. The van der Waals surface area contributed by atoms with Gasteiger partial charge in [0.1, 0.15) is 0 Å².